The summed E-state index contributed by atoms with van der Waals surface area (Å²) in [4.78, 5) is 14.5. The summed E-state index contributed by atoms with van der Waals surface area (Å²) in [6.07, 6.45) is 4.26. The molecule has 25 heavy (non-hydrogen) atoms. The van der Waals surface area contributed by atoms with Crippen LogP contribution in [0.15, 0.2) is 17.2 Å². The lowest BCUT2D eigenvalue weighted by molar-refractivity contribution is 0.0781. The van der Waals surface area contributed by atoms with Crippen LogP contribution < -0.4 is 5.73 Å². The zero-order chi connectivity index (χ0) is 17.5. The predicted molar refractivity (Wildman–Crippen MR) is 98.3 cm³/mol. The molecule has 2 saturated heterocycles. The van der Waals surface area contributed by atoms with Gasteiger partial charge in [0.05, 0.1) is 0 Å². The second kappa shape index (κ2) is 7.65. The van der Waals surface area contributed by atoms with Gasteiger partial charge in [0.1, 0.15) is 10.6 Å². The molecule has 0 radical (unpaired) electrons. The van der Waals surface area contributed by atoms with Gasteiger partial charge in [0, 0.05) is 45.5 Å². The Labute approximate surface area is 155 Å². The van der Waals surface area contributed by atoms with Crippen molar-refractivity contribution in [3.05, 3.63) is 18.0 Å². The third-order valence-corrected chi connectivity index (χ3v) is 6.80. The van der Waals surface area contributed by atoms with Crippen LogP contribution in [0.3, 0.4) is 0 Å². The van der Waals surface area contributed by atoms with E-state index in [2.05, 4.69) is 6.92 Å². The summed E-state index contributed by atoms with van der Waals surface area (Å²) in [6, 6.07) is 1.51. The molecule has 7 nitrogen and oxygen atoms in total. The summed E-state index contributed by atoms with van der Waals surface area (Å²) in [5.41, 5.74) is 6.26. The van der Waals surface area contributed by atoms with Crippen molar-refractivity contribution in [2.75, 3.05) is 26.2 Å². The zero-order valence-electron chi connectivity index (χ0n) is 14.7. The quantitative estimate of drug-likeness (QED) is 0.835. The van der Waals surface area contributed by atoms with E-state index in [4.69, 9.17) is 5.73 Å². The highest BCUT2D eigenvalue weighted by molar-refractivity contribution is 7.89. The number of hydrogen-bond donors (Lipinski definition) is 1. The molecule has 3 rings (SSSR count). The van der Waals surface area contributed by atoms with Gasteiger partial charge in [-0.3, -0.25) is 4.79 Å². The molecule has 1 aromatic rings. The summed E-state index contributed by atoms with van der Waals surface area (Å²) in [5, 5.41) is 0. The molecule has 2 aliphatic heterocycles. The van der Waals surface area contributed by atoms with Crippen molar-refractivity contribution in [2.45, 2.75) is 37.1 Å². The van der Waals surface area contributed by atoms with Crippen molar-refractivity contribution in [3.63, 3.8) is 0 Å². The average molecular weight is 391 g/mol. The number of nitrogens with zero attached hydrogens (tertiary/aromatic N) is 3. The first kappa shape index (κ1) is 20.2. The van der Waals surface area contributed by atoms with Crippen LogP contribution in [0.4, 0.5) is 0 Å². The molecule has 0 bridgehead atoms. The third kappa shape index (κ3) is 4.02. The molecule has 1 aromatic heterocycles. The Kier molecular flexibility index (Phi) is 6.19. The SMILES string of the molecule is CC1CCCN(S(=O)(=O)c2cc(C(=O)N3CC[C@@H](N)C3)n(C)c2)C1.Cl. The molecule has 2 fully saturated rings. The smallest absolute Gasteiger partial charge is 0.270 e. The standard InChI is InChI=1S/C16H26N4O3S.ClH/c1-12-4-3-6-20(9-12)24(22,23)14-8-15(18(2)11-14)16(21)19-7-5-13(17)10-19;/h8,11-13H,3-7,9-10,17H2,1-2H3;1H/t12?,13-;/m1./s1. The Balaban J connectivity index is 0.00000225. The minimum Gasteiger partial charge on any atom is -0.345 e. The maximum absolute atomic E-state index is 12.9. The number of aromatic nitrogens is 1. The number of rotatable bonds is 3. The van der Waals surface area contributed by atoms with Gasteiger partial charge in [-0.25, -0.2) is 8.42 Å². The number of likely N-dealkylation sites (tertiary alicyclic amines) is 1. The Morgan fingerprint density at radius 2 is 1.96 bits per heavy atom. The Hall–Kier alpha value is -1.09. The fourth-order valence-electron chi connectivity index (χ4n) is 3.54. The Morgan fingerprint density at radius 1 is 1.24 bits per heavy atom. The number of halogens is 1. The van der Waals surface area contributed by atoms with Crippen molar-refractivity contribution in [3.8, 4) is 0 Å². The van der Waals surface area contributed by atoms with E-state index in [0.29, 0.717) is 37.8 Å². The molecule has 0 spiro atoms. The van der Waals surface area contributed by atoms with Crippen molar-refractivity contribution < 1.29 is 13.2 Å². The van der Waals surface area contributed by atoms with Gasteiger partial charge in [-0.05, 0) is 31.2 Å². The highest BCUT2D eigenvalue weighted by Crippen LogP contribution is 2.25. The summed E-state index contributed by atoms with van der Waals surface area (Å²) in [6.45, 7) is 4.30. The van der Waals surface area contributed by atoms with E-state index in [0.717, 1.165) is 19.3 Å². The molecule has 1 unspecified atom stereocenters. The van der Waals surface area contributed by atoms with Gasteiger partial charge in [0.15, 0.2) is 0 Å². The van der Waals surface area contributed by atoms with E-state index in [-0.39, 0.29) is 29.3 Å². The van der Waals surface area contributed by atoms with Crippen LogP contribution >= 0.6 is 12.4 Å². The molecule has 3 heterocycles. The zero-order valence-corrected chi connectivity index (χ0v) is 16.4. The van der Waals surface area contributed by atoms with Gasteiger partial charge in [0.2, 0.25) is 10.0 Å². The second-order valence-corrected chi connectivity index (χ2v) is 9.02. The average Bonchev–Trinajstić information content (AvgIpc) is 3.13. The number of sulfonamides is 1. The normalized spacial score (nSPS) is 25.0. The number of piperidine rings is 1. The Bertz CT molecular complexity index is 734. The molecule has 2 atom stereocenters. The van der Waals surface area contributed by atoms with Gasteiger partial charge < -0.3 is 15.2 Å². The Morgan fingerprint density at radius 3 is 2.56 bits per heavy atom. The maximum Gasteiger partial charge on any atom is 0.270 e. The fraction of sp³-hybridized carbons (Fsp3) is 0.688. The van der Waals surface area contributed by atoms with Crippen molar-refractivity contribution in [1.82, 2.24) is 13.8 Å². The molecule has 2 aliphatic rings. The van der Waals surface area contributed by atoms with Gasteiger partial charge in [-0.2, -0.15) is 4.31 Å². The number of hydrogen-bond acceptors (Lipinski definition) is 4. The third-order valence-electron chi connectivity index (χ3n) is 4.97. The lowest BCUT2D eigenvalue weighted by Crippen LogP contribution is -2.38. The first-order valence-electron chi connectivity index (χ1n) is 8.50. The molecule has 9 heteroatoms. The number of nitrogens with two attached hydrogens (primary N) is 1. The minimum absolute atomic E-state index is 0. The maximum atomic E-state index is 12.9. The molecule has 0 aliphatic carbocycles. The summed E-state index contributed by atoms with van der Waals surface area (Å²) in [7, 11) is -1.84. The highest BCUT2D eigenvalue weighted by Gasteiger charge is 2.32. The molecular weight excluding hydrogens is 364 g/mol. The summed E-state index contributed by atoms with van der Waals surface area (Å²) < 4.78 is 28.9. The van der Waals surface area contributed by atoms with Crippen molar-refractivity contribution in [2.24, 2.45) is 18.7 Å². The molecular formula is C16H27ClN4O3S. The second-order valence-electron chi connectivity index (χ2n) is 7.08. The monoisotopic (exact) mass is 390 g/mol. The molecule has 1 amide bonds. The lowest BCUT2D eigenvalue weighted by atomic mass is 10.0. The van der Waals surface area contributed by atoms with Crippen molar-refractivity contribution in [1.29, 1.82) is 0 Å². The van der Waals surface area contributed by atoms with E-state index in [1.807, 2.05) is 0 Å². The largest absolute Gasteiger partial charge is 0.345 e. The molecule has 0 aromatic carbocycles. The van der Waals surface area contributed by atoms with Gasteiger partial charge in [-0.1, -0.05) is 6.92 Å². The van der Waals surface area contributed by atoms with Gasteiger partial charge >= 0.3 is 0 Å². The van der Waals surface area contributed by atoms with Crippen LogP contribution in [0.25, 0.3) is 0 Å². The van der Waals surface area contributed by atoms with Gasteiger partial charge in [-0.15, -0.1) is 12.4 Å². The molecule has 2 N–H and O–H groups in total. The van der Waals surface area contributed by atoms with E-state index in [1.54, 1.807) is 16.5 Å². The summed E-state index contributed by atoms with van der Waals surface area (Å²) in [5.74, 6) is 0.211. The van der Waals surface area contributed by atoms with Crippen LogP contribution in [-0.2, 0) is 17.1 Å². The fourth-order valence-corrected chi connectivity index (χ4v) is 5.21. The summed E-state index contributed by atoms with van der Waals surface area (Å²) >= 11 is 0. The topological polar surface area (TPSA) is 88.6 Å². The van der Waals surface area contributed by atoms with Crippen LogP contribution in [0.1, 0.15) is 36.7 Å². The van der Waals surface area contributed by atoms with Crippen LogP contribution in [0, 0.1) is 5.92 Å². The van der Waals surface area contributed by atoms with Crippen LogP contribution in [0.2, 0.25) is 0 Å². The van der Waals surface area contributed by atoms with E-state index in [1.165, 1.54) is 16.6 Å². The number of carbonyl (C=O) groups is 1. The van der Waals surface area contributed by atoms with Crippen LogP contribution in [-0.4, -0.2) is 60.3 Å². The minimum atomic E-state index is -3.55. The van der Waals surface area contributed by atoms with E-state index >= 15 is 0 Å². The highest BCUT2D eigenvalue weighted by atomic mass is 35.5. The van der Waals surface area contributed by atoms with Crippen LogP contribution in [0.5, 0.6) is 0 Å². The van der Waals surface area contributed by atoms with E-state index < -0.39 is 10.0 Å². The first-order valence-corrected chi connectivity index (χ1v) is 9.94. The van der Waals surface area contributed by atoms with Gasteiger partial charge in [0.25, 0.3) is 5.91 Å². The van der Waals surface area contributed by atoms with E-state index in [9.17, 15) is 13.2 Å². The first-order chi connectivity index (χ1) is 11.3. The van der Waals surface area contributed by atoms with Crippen molar-refractivity contribution >= 4 is 28.3 Å². The number of carbonyl (C=O) groups excluding carboxylic acids is 1. The number of aryl methyl sites for hydroxylation is 1. The molecule has 0 saturated carbocycles. The number of amides is 1. The lowest BCUT2D eigenvalue weighted by Gasteiger charge is -2.29. The predicted octanol–water partition coefficient (Wildman–Crippen LogP) is 1.04. The molecule has 142 valence electrons.